The fraction of sp³-hybridized carbons (Fsp3) is 0.200. The molecule has 4 aromatic rings. The van der Waals surface area contributed by atoms with E-state index in [1.807, 2.05) is 19.9 Å². The SMILES string of the molecule is CC.COc1ccc(NC(=O)c2cnn3c2C(=O)N(c2ccc(C(F)(F)c4ccccc4)cc2)CC3)cc1C#N. The highest BCUT2D eigenvalue weighted by atomic mass is 19.3. The topological polar surface area (TPSA) is 100 Å². The first kappa shape index (κ1) is 28.0. The Labute approximate surface area is 230 Å². The van der Waals surface area contributed by atoms with Crippen molar-refractivity contribution in [2.24, 2.45) is 0 Å². The molecular weight excluding hydrogens is 516 g/mol. The van der Waals surface area contributed by atoms with Gasteiger partial charge in [-0.15, -0.1) is 0 Å². The van der Waals surface area contributed by atoms with Crippen molar-refractivity contribution in [2.75, 3.05) is 23.9 Å². The van der Waals surface area contributed by atoms with Crippen LogP contribution in [0.15, 0.2) is 79.0 Å². The minimum absolute atomic E-state index is 0.0567. The second kappa shape index (κ2) is 11.8. The number of aromatic nitrogens is 2. The zero-order valence-corrected chi connectivity index (χ0v) is 22.2. The number of nitrogens with zero attached hydrogens (tertiary/aromatic N) is 4. The molecule has 5 rings (SSSR count). The summed E-state index contributed by atoms with van der Waals surface area (Å²) < 4.78 is 36.5. The second-order valence-corrected chi connectivity index (χ2v) is 8.56. The van der Waals surface area contributed by atoms with Crippen molar-refractivity contribution < 1.29 is 23.1 Å². The number of hydrogen-bond donors (Lipinski definition) is 1. The molecule has 2 heterocycles. The molecule has 0 fully saturated rings. The van der Waals surface area contributed by atoms with Gasteiger partial charge < -0.3 is 15.0 Å². The van der Waals surface area contributed by atoms with Crippen molar-refractivity contribution in [3.05, 3.63) is 107 Å². The third-order valence-electron chi connectivity index (χ3n) is 6.32. The van der Waals surface area contributed by atoms with E-state index in [-0.39, 0.29) is 34.5 Å². The van der Waals surface area contributed by atoms with Crippen LogP contribution in [0.3, 0.4) is 0 Å². The first-order chi connectivity index (χ1) is 19.3. The Morgan fingerprint density at radius 2 is 1.70 bits per heavy atom. The summed E-state index contributed by atoms with van der Waals surface area (Å²) in [7, 11) is 1.44. The van der Waals surface area contributed by atoms with E-state index in [1.54, 1.807) is 30.3 Å². The molecule has 0 saturated heterocycles. The lowest BCUT2D eigenvalue weighted by molar-refractivity contribution is 0.0428. The van der Waals surface area contributed by atoms with Gasteiger partial charge in [0.1, 0.15) is 17.5 Å². The van der Waals surface area contributed by atoms with E-state index < -0.39 is 17.7 Å². The molecule has 10 heteroatoms. The van der Waals surface area contributed by atoms with Gasteiger partial charge in [0.2, 0.25) is 0 Å². The molecule has 1 aromatic heterocycles. The van der Waals surface area contributed by atoms with E-state index in [4.69, 9.17) is 4.74 Å². The number of anilines is 2. The summed E-state index contributed by atoms with van der Waals surface area (Å²) in [6.07, 6.45) is 1.31. The lowest BCUT2D eigenvalue weighted by Gasteiger charge is -2.28. The number of methoxy groups -OCH3 is 1. The maximum atomic E-state index is 14.9. The highest BCUT2D eigenvalue weighted by Crippen LogP contribution is 2.36. The Bertz CT molecular complexity index is 1560. The maximum absolute atomic E-state index is 14.9. The smallest absolute Gasteiger partial charge is 0.298 e. The molecule has 0 radical (unpaired) electrons. The molecular formula is C30H27F2N5O3. The number of ether oxygens (including phenoxy) is 1. The lowest BCUT2D eigenvalue weighted by Crippen LogP contribution is -2.41. The van der Waals surface area contributed by atoms with Gasteiger partial charge >= 0.3 is 0 Å². The van der Waals surface area contributed by atoms with Crippen molar-refractivity contribution in [2.45, 2.75) is 26.3 Å². The average Bonchev–Trinajstić information content (AvgIpc) is 3.44. The number of alkyl halides is 2. The first-order valence-electron chi connectivity index (χ1n) is 12.6. The van der Waals surface area contributed by atoms with Crippen LogP contribution < -0.4 is 15.0 Å². The largest absolute Gasteiger partial charge is 0.495 e. The van der Waals surface area contributed by atoms with Crippen molar-refractivity contribution in [3.63, 3.8) is 0 Å². The van der Waals surface area contributed by atoms with Gasteiger partial charge in [-0.2, -0.15) is 19.1 Å². The molecule has 40 heavy (non-hydrogen) atoms. The number of rotatable bonds is 6. The molecule has 0 atom stereocenters. The molecule has 1 aliphatic rings. The molecule has 0 bridgehead atoms. The molecule has 2 amide bonds. The molecule has 1 N–H and O–H groups in total. The van der Waals surface area contributed by atoms with E-state index in [2.05, 4.69) is 10.4 Å². The number of halogens is 2. The van der Waals surface area contributed by atoms with Crippen LogP contribution in [0.1, 0.15) is 51.4 Å². The molecule has 3 aromatic carbocycles. The minimum Gasteiger partial charge on any atom is -0.495 e. The quantitative estimate of drug-likeness (QED) is 0.329. The number of nitrogens with one attached hydrogen (secondary N) is 1. The zero-order valence-electron chi connectivity index (χ0n) is 22.2. The molecule has 0 unspecified atom stereocenters. The second-order valence-electron chi connectivity index (χ2n) is 8.56. The predicted molar refractivity (Wildman–Crippen MR) is 147 cm³/mol. The van der Waals surface area contributed by atoms with E-state index in [9.17, 15) is 23.6 Å². The van der Waals surface area contributed by atoms with E-state index in [0.29, 0.717) is 23.7 Å². The zero-order chi connectivity index (χ0) is 28.9. The van der Waals surface area contributed by atoms with Crippen LogP contribution >= 0.6 is 0 Å². The fourth-order valence-corrected chi connectivity index (χ4v) is 4.35. The summed E-state index contributed by atoms with van der Waals surface area (Å²) in [6, 6.07) is 19.6. The van der Waals surface area contributed by atoms with Crippen LogP contribution in [0.5, 0.6) is 5.75 Å². The Kier molecular flexibility index (Phi) is 8.24. The molecule has 0 spiro atoms. The number of nitriles is 1. The molecule has 0 saturated carbocycles. The lowest BCUT2D eigenvalue weighted by atomic mass is 10.00. The third-order valence-corrected chi connectivity index (χ3v) is 6.32. The number of hydrogen-bond acceptors (Lipinski definition) is 5. The average molecular weight is 544 g/mol. The van der Waals surface area contributed by atoms with Crippen molar-refractivity contribution in [1.82, 2.24) is 9.78 Å². The van der Waals surface area contributed by atoms with Crippen LogP contribution in [0.2, 0.25) is 0 Å². The van der Waals surface area contributed by atoms with Crippen molar-refractivity contribution in [3.8, 4) is 11.8 Å². The number of benzene rings is 3. The number of carbonyl (C=O) groups is 2. The van der Waals surface area contributed by atoms with Gasteiger partial charge in [-0.05, 0) is 30.3 Å². The number of amides is 2. The highest BCUT2D eigenvalue weighted by molar-refractivity contribution is 6.15. The number of carbonyl (C=O) groups excluding carboxylic acids is 2. The van der Waals surface area contributed by atoms with E-state index in [1.165, 1.54) is 65.4 Å². The Hall–Kier alpha value is -5.04. The summed E-state index contributed by atoms with van der Waals surface area (Å²) in [5, 5.41) is 16.2. The maximum Gasteiger partial charge on any atom is 0.298 e. The normalized spacial score (nSPS) is 12.5. The van der Waals surface area contributed by atoms with E-state index >= 15 is 0 Å². The van der Waals surface area contributed by atoms with Crippen LogP contribution in [0.4, 0.5) is 20.2 Å². The summed E-state index contributed by atoms with van der Waals surface area (Å²) in [4.78, 5) is 27.9. The van der Waals surface area contributed by atoms with E-state index in [0.717, 1.165) is 0 Å². The Morgan fingerprint density at radius 1 is 1.02 bits per heavy atom. The van der Waals surface area contributed by atoms with Gasteiger partial charge in [0.05, 0.1) is 31.0 Å². The third kappa shape index (κ3) is 5.27. The first-order valence-corrected chi connectivity index (χ1v) is 12.6. The van der Waals surface area contributed by atoms with Gasteiger partial charge in [0.15, 0.2) is 0 Å². The molecule has 204 valence electrons. The molecule has 8 nitrogen and oxygen atoms in total. The monoisotopic (exact) mass is 543 g/mol. The molecule has 0 aliphatic carbocycles. The Morgan fingerprint density at radius 3 is 2.35 bits per heavy atom. The predicted octanol–water partition coefficient (Wildman–Crippen LogP) is 5.84. The molecule has 1 aliphatic heterocycles. The summed E-state index contributed by atoms with van der Waals surface area (Å²) in [5.41, 5.74) is 0.838. The van der Waals surface area contributed by atoms with Crippen LogP contribution in [-0.4, -0.2) is 35.2 Å². The number of fused-ring (bicyclic) bond motifs is 1. The summed E-state index contributed by atoms with van der Waals surface area (Å²) >= 11 is 0. The van der Waals surface area contributed by atoms with Gasteiger partial charge in [-0.1, -0.05) is 56.3 Å². The highest BCUT2D eigenvalue weighted by Gasteiger charge is 2.35. The van der Waals surface area contributed by atoms with Crippen LogP contribution in [0.25, 0.3) is 0 Å². The van der Waals surface area contributed by atoms with Crippen molar-refractivity contribution >= 4 is 23.2 Å². The van der Waals surface area contributed by atoms with Crippen LogP contribution in [-0.2, 0) is 12.5 Å². The summed E-state index contributed by atoms with van der Waals surface area (Å²) in [6.45, 7) is 4.57. The Balaban J connectivity index is 0.00000181. The van der Waals surface area contributed by atoms with Gasteiger partial charge in [-0.25, -0.2) is 0 Å². The fourth-order valence-electron chi connectivity index (χ4n) is 4.35. The standard InChI is InChI=1S/C28H21F2N5O3.C2H6/c1-38-24-12-9-21(15-18(24)16-31)33-26(36)23-17-32-35-14-13-34(27(37)25(23)35)22-10-7-20(8-11-22)28(29,30)19-5-3-2-4-6-19;1-2/h2-12,15,17H,13-14H2,1H3,(H,33,36);1-2H3. The van der Waals surface area contributed by atoms with Gasteiger partial charge in [0, 0.05) is 29.0 Å². The van der Waals surface area contributed by atoms with Gasteiger partial charge in [0.25, 0.3) is 17.7 Å². The van der Waals surface area contributed by atoms with Gasteiger partial charge in [-0.3, -0.25) is 14.3 Å². The minimum atomic E-state index is -3.19. The van der Waals surface area contributed by atoms with Crippen LogP contribution in [0, 0.1) is 11.3 Å². The van der Waals surface area contributed by atoms with Crippen molar-refractivity contribution in [1.29, 1.82) is 5.26 Å². The summed E-state index contributed by atoms with van der Waals surface area (Å²) in [5.74, 6) is -3.88.